The van der Waals surface area contributed by atoms with Crippen LogP contribution in [0.15, 0.2) is 36.7 Å². The average molecular weight is 220 g/mol. The average Bonchev–Trinajstić information content (AvgIpc) is 2.23. The molecule has 2 rings (SSSR count). The maximum atomic E-state index is 4.31. The van der Waals surface area contributed by atoms with Crippen LogP contribution >= 0.6 is 18.5 Å². The van der Waals surface area contributed by atoms with E-state index in [1.165, 1.54) is 0 Å². The van der Waals surface area contributed by atoms with Crippen LogP contribution in [0.2, 0.25) is 0 Å². The van der Waals surface area contributed by atoms with Crippen molar-refractivity contribution in [3.05, 3.63) is 36.7 Å². The third-order valence-electron chi connectivity index (χ3n) is 1.93. The first kappa shape index (κ1) is 9.71. The lowest BCUT2D eigenvalue weighted by Crippen LogP contribution is -2.15. The Morgan fingerprint density at radius 2 is 1.79 bits per heavy atom. The molecule has 2 aromatic rings. The van der Waals surface area contributed by atoms with E-state index in [1.807, 2.05) is 24.3 Å². The second-order valence-corrected chi connectivity index (χ2v) is 4.08. The van der Waals surface area contributed by atoms with Crippen molar-refractivity contribution >= 4 is 29.1 Å². The SMILES string of the molecule is Pc1ccnc(-c2ccccn2)c1P. The van der Waals surface area contributed by atoms with E-state index in [0.717, 1.165) is 22.0 Å². The Balaban J connectivity index is 2.58. The Morgan fingerprint density at radius 3 is 2.50 bits per heavy atom. The molecule has 4 heteroatoms. The molecule has 0 aliphatic carbocycles. The van der Waals surface area contributed by atoms with Gasteiger partial charge in [-0.15, -0.1) is 18.5 Å². The fourth-order valence-electron chi connectivity index (χ4n) is 1.20. The molecule has 0 saturated heterocycles. The molecule has 0 spiro atoms. The quantitative estimate of drug-likeness (QED) is 0.673. The summed E-state index contributed by atoms with van der Waals surface area (Å²) in [6.07, 6.45) is 3.57. The summed E-state index contributed by atoms with van der Waals surface area (Å²) >= 11 is 0. The lowest BCUT2D eigenvalue weighted by molar-refractivity contribution is 1.26. The van der Waals surface area contributed by atoms with Crippen LogP contribution in [-0.4, -0.2) is 9.97 Å². The van der Waals surface area contributed by atoms with Gasteiger partial charge < -0.3 is 0 Å². The van der Waals surface area contributed by atoms with Crippen LogP contribution in [0, 0.1) is 0 Å². The van der Waals surface area contributed by atoms with E-state index in [1.54, 1.807) is 12.4 Å². The van der Waals surface area contributed by atoms with Crippen LogP contribution < -0.4 is 10.6 Å². The van der Waals surface area contributed by atoms with Crippen LogP contribution in [-0.2, 0) is 0 Å². The van der Waals surface area contributed by atoms with Crippen LogP contribution in [0.1, 0.15) is 0 Å². The third-order valence-corrected chi connectivity index (χ3v) is 3.37. The minimum absolute atomic E-state index is 0.904. The third kappa shape index (κ3) is 1.82. The van der Waals surface area contributed by atoms with Gasteiger partial charge in [-0.1, -0.05) is 6.07 Å². The molecule has 14 heavy (non-hydrogen) atoms. The Bertz CT molecular complexity index is 443. The van der Waals surface area contributed by atoms with Crippen LogP contribution in [0.5, 0.6) is 0 Å². The van der Waals surface area contributed by atoms with E-state index in [-0.39, 0.29) is 0 Å². The van der Waals surface area contributed by atoms with Gasteiger partial charge in [-0.25, -0.2) is 0 Å². The number of rotatable bonds is 1. The first-order valence-corrected chi connectivity index (χ1v) is 5.36. The minimum Gasteiger partial charge on any atom is -0.255 e. The Kier molecular flexibility index (Phi) is 2.86. The second-order valence-electron chi connectivity index (χ2n) is 2.88. The highest BCUT2D eigenvalue weighted by Crippen LogP contribution is 2.12. The Hall–Kier alpha value is -0.840. The highest BCUT2D eigenvalue weighted by Gasteiger charge is 2.05. The van der Waals surface area contributed by atoms with Crippen LogP contribution in [0.25, 0.3) is 11.4 Å². The Labute approximate surface area is 87.6 Å². The van der Waals surface area contributed by atoms with E-state index in [0.29, 0.717) is 0 Å². The van der Waals surface area contributed by atoms with Gasteiger partial charge in [0.05, 0.1) is 11.4 Å². The Morgan fingerprint density at radius 1 is 0.929 bits per heavy atom. The molecule has 0 fully saturated rings. The van der Waals surface area contributed by atoms with Crippen molar-refractivity contribution in [1.82, 2.24) is 9.97 Å². The predicted molar refractivity (Wildman–Crippen MR) is 66.2 cm³/mol. The molecule has 0 bridgehead atoms. The van der Waals surface area contributed by atoms with E-state index in [9.17, 15) is 0 Å². The van der Waals surface area contributed by atoms with Gasteiger partial charge in [0.2, 0.25) is 0 Å². The van der Waals surface area contributed by atoms with Gasteiger partial charge in [0.25, 0.3) is 0 Å². The monoisotopic (exact) mass is 220 g/mol. The molecular weight excluding hydrogens is 210 g/mol. The van der Waals surface area contributed by atoms with Crippen LogP contribution in [0.4, 0.5) is 0 Å². The molecule has 0 saturated carbocycles. The summed E-state index contributed by atoms with van der Waals surface area (Å²) in [6, 6.07) is 7.78. The largest absolute Gasteiger partial charge is 0.255 e. The smallest absolute Gasteiger partial charge is 0.0963 e. The normalized spacial score (nSPS) is 10.1. The molecule has 70 valence electrons. The highest BCUT2D eigenvalue weighted by atomic mass is 31.0. The zero-order valence-electron chi connectivity index (χ0n) is 7.51. The standard InChI is InChI=1S/C10H10N2P2/c13-8-4-6-12-9(10(8)14)7-3-1-2-5-11-7/h1-6H,13-14H2. The van der Waals surface area contributed by atoms with Crippen molar-refractivity contribution in [3.63, 3.8) is 0 Å². The molecule has 2 atom stereocenters. The van der Waals surface area contributed by atoms with E-state index >= 15 is 0 Å². The molecule has 0 radical (unpaired) electrons. The van der Waals surface area contributed by atoms with Crippen molar-refractivity contribution < 1.29 is 0 Å². The molecule has 0 aromatic carbocycles. The number of hydrogen-bond donors (Lipinski definition) is 0. The molecule has 2 unspecified atom stereocenters. The van der Waals surface area contributed by atoms with E-state index in [2.05, 4.69) is 28.4 Å². The van der Waals surface area contributed by atoms with Gasteiger partial charge in [-0.2, -0.15) is 0 Å². The van der Waals surface area contributed by atoms with E-state index in [4.69, 9.17) is 0 Å². The number of hydrogen-bond acceptors (Lipinski definition) is 2. The second kappa shape index (κ2) is 4.13. The maximum Gasteiger partial charge on any atom is 0.0963 e. The number of nitrogens with zero attached hydrogens (tertiary/aromatic N) is 2. The maximum absolute atomic E-state index is 4.31. The molecule has 2 aromatic heterocycles. The van der Waals surface area contributed by atoms with Gasteiger partial charge in [0.15, 0.2) is 0 Å². The zero-order valence-corrected chi connectivity index (χ0v) is 9.82. The first-order valence-electron chi connectivity index (χ1n) is 4.20. The van der Waals surface area contributed by atoms with Crippen molar-refractivity contribution in [2.75, 3.05) is 0 Å². The topological polar surface area (TPSA) is 25.8 Å². The molecule has 2 nitrogen and oxygen atoms in total. The van der Waals surface area contributed by atoms with Crippen LogP contribution in [0.3, 0.4) is 0 Å². The fraction of sp³-hybridized carbons (Fsp3) is 0. The lowest BCUT2D eigenvalue weighted by Gasteiger charge is -2.05. The first-order chi connectivity index (χ1) is 6.79. The van der Waals surface area contributed by atoms with Gasteiger partial charge in [-0.3, -0.25) is 9.97 Å². The summed E-state index contributed by atoms with van der Waals surface area (Å²) in [7, 11) is 5.38. The molecule has 0 aliphatic heterocycles. The van der Waals surface area contributed by atoms with Gasteiger partial charge in [0, 0.05) is 17.7 Å². The summed E-state index contributed by atoms with van der Waals surface area (Å²) < 4.78 is 0. The summed E-state index contributed by atoms with van der Waals surface area (Å²) in [4.78, 5) is 8.58. The number of aromatic nitrogens is 2. The molecule has 0 aliphatic rings. The molecular formula is C10H10N2P2. The molecule has 0 amide bonds. The highest BCUT2D eigenvalue weighted by molar-refractivity contribution is 7.36. The van der Waals surface area contributed by atoms with E-state index < -0.39 is 0 Å². The molecule has 2 heterocycles. The fourth-order valence-corrected chi connectivity index (χ4v) is 1.74. The van der Waals surface area contributed by atoms with Crippen molar-refractivity contribution in [2.24, 2.45) is 0 Å². The molecule has 0 N–H and O–H groups in total. The number of pyridine rings is 2. The van der Waals surface area contributed by atoms with Crippen molar-refractivity contribution in [3.8, 4) is 11.4 Å². The summed E-state index contributed by atoms with van der Waals surface area (Å²) in [5.41, 5.74) is 1.82. The summed E-state index contributed by atoms with van der Waals surface area (Å²) in [5, 5.41) is 2.21. The predicted octanol–water partition coefficient (Wildman–Crippen LogP) is 1.14. The lowest BCUT2D eigenvalue weighted by atomic mass is 10.2. The van der Waals surface area contributed by atoms with Crippen molar-refractivity contribution in [2.45, 2.75) is 0 Å². The minimum atomic E-state index is 0.904. The van der Waals surface area contributed by atoms with Gasteiger partial charge in [0.1, 0.15) is 0 Å². The van der Waals surface area contributed by atoms with Gasteiger partial charge in [-0.05, 0) is 23.5 Å². The summed E-state index contributed by atoms with van der Waals surface area (Å²) in [5.74, 6) is 0. The summed E-state index contributed by atoms with van der Waals surface area (Å²) in [6.45, 7) is 0. The van der Waals surface area contributed by atoms with Gasteiger partial charge >= 0.3 is 0 Å². The van der Waals surface area contributed by atoms with Crippen molar-refractivity contribution in [1.29, 1.82) is 0 Å². The zero-order chi connectivity index (χ0) is 9.97.